The minimum Gasteiger partial charge on any atom is -0.359 e. The Morgan fingerprint density at radius 2 is 1.72 bits per heavy atom. The topological polar surface area (TPSA) is 147 Å². The lowest BCUT2D eigenvalue weighted by atomic mass is 10.1. The van der Waals surface area contributed by atoms with E-state index in [1.54, 1.807) is 48.5 Å². The van der Waals surface area contributed by atoms with E-state index in [2.05, 4.69) is 25.6 Å². The van der Waals surface area contributed by atoms with Crippen LogP contribution in [0, 0.1) is 11.3 Å². The number of alkyl halides is 3. The molecule has 4 aromatic rings. The fraction of sp³-hybridized carbons (Fsp3) is 0.130. The van der Waals surface area contributed by atoms with Gasteiger partial charge in [0.15, 0.2) is 5.82 Å². The summed E-state index contributed by atoms with van der Waals surface area (Å²) in [7, 11) is -3.83. The third kappa shape index (κ3) is 6.04. The van der Waals surface area contributed by atoms with Gasteiger partial charge >= 0.3 is 6.18 Å². The molecule has 4 N–H and O–H groups in total. The number of sulfonamides is 1. The molecule has 36 heavy (non-hydrogen) atoms. The highest BCUT2D eigenvalue weighted by atomic mass is 32.2. The number of aromatic nitrogens is 3. The Kier molecular flexibility index (Phi) is 6.73. The van der Waals surface area contributed by atoms with Gasteiger partial charge in [-0.2, -0.15) is 23.4 Å². The third-order valence-corrected chi connectivity index (χ3v) is 5.92. The molecule has 2 aromatic carbocycles. The van der Waals surface area contributed by atoms with Crippen molar-refractivity contribution in [3.8, 4) is 17.3 Å². The Bertz CT molecular complexity index is 1570. The SMILES string of the molecule is N#Cc1cccc(-c2ccc3nc(NCc4ccc(S(N)(=O)=O)cc4)nc(NCC(F)(F)F)c3n2)c1. The molecule has 0 radical (unpaired) electrons. The summed E-state index contributed by atoms with van der Waals surface area (Å²) < 4.78 is 61.6. The number of anilines is 2. The van der Waals surface area contributed by atoms with Crippen LogP contribution in [-0.4, -0.2) is 36.1 Å². The monoisotopic (exact) mass is 513 g/mol. The zero-order valence-corrected chi connectivity index (χ0v) is 19.2. The van der Waals surface area contributed by atoms with Crippen LogP contribution < -0.4 is 15.8 Å². The summed E-state index contributed by atoms with van der Waals surface area (Å²) in [5.41, 5.74) is 2.56. The van der Waals surface area contributed by atoms with Gasteiger partial charge in [-0.3, -0.25) is 0 Å². The first kappa shape index (κ1) is 24.8. The number of hydrogen-bond donors (Lipinski definition) is 3. The molecule has 13 heteroatoms. The average Bonchev–Trinajstić information content (AvgIpc) is 2.85. The van der Waals surface area contributed by atoms with Crippen molar-refractivity contribution < 1.29 is 21.6 Å². The van der Waals surface area contributed by atoms with E-state index in [1.807, 2.05) is 6.07 Å². The van der Waals surface area contributed by atoms with E-state index >= 15 is 0 Å². The third-order valence-electron chi connectivity index (χ3n) is 4.99. The number of nitrogens with zero attached hydrogens (tertiary/aromatic N) is 4. The van der Waals surface area contributed by atoms with E-state index in [9.17, 15) is 21.6 Å². The van der Waals surface area contributed by atoms with Crippen LogP contribution in [0.2, 0.25) is 0 Å². The van der Waals surface area contributed by atoms with Gasteiger partial charge in [0.25, 0.3) is 0 Å². The highest BCUT2D eigenvalue weighted by molar-refractivity contribution is 7.89. The van der Waals surface area contributed by atoms with Crippen LogP contribution in [0.25, 0.3) is 22.3 Å². The van der Waals surface area contributed by atoms with E-state index in [0.29, 0.717) is 27.9 Å². The van der Waals surface area contributed by atoms with E-state index in [0.717, 1.165) is 0 Å². The van der Waals surface area contributed by atoms with Crippen molar-refractivity contribution in [2.75, 3.05) is 17.2 Å². The Morgan fingerprint density at radius 1 is 0.972 bits per heavy atom. The van der Waals surface area contributed by atoms with Crippen molar-refractivity contribution in [2.24, 2.45) is 5.14 Å². The number of hydrogen-bond acceptors (Lipinski definition) is 8. The van der Waals surface area contributed by atoms with Gasteiger partial charge in [0.05, 0.1) is 27.7 Å². The normalized spacial score (nSPS) is 11.8. The minimum atomic E-state index is -4.49. The first-order valence-electron chi connectivity index (χ1n) is 10.4. The van der Waals surface area contributed by atoms with Crippen LogP contribution in [0.15, 0.2) is 65.6 Å². The lowest BCUT2D eigenvalue weighted by Crippen LogP contribution is -2.22. The molecule has 0 amide bonds. The number of halogens is 3. The van der Waals surface area contributed by atoms with E-state index in [4.69, 9.17) is 10.4 Å². The Labute approximate surface area is 203 Å². The number of nitrogens with one attached hydrogen (secondary N) is 2. The van der Waals surface area contributed by atoms with E-state index in [-0.39, 0.29) is 28.7 Å². The summed E-state index contributed by atoms with van der Waals surface area (Å²) in [5, 5.41) is 19.4. The van der Waals surface area contributed by atoms with Crippen LogP contribution in [-0.2, 0) is 16.6 Å². The second kappa shape index (κ2) is 9.76. The van der Waals surface area contributed by atoms with Gasteiger partial charge in [-0.1, -0.05) is 24.3 Å². The molecular weight excluding hydrogens is 495 g/mol. The first-order chi connectivity index (χ1) is 17.0. The molecule has 0 spiro atoms. The number of nitriles is 1. The Balaban J connectivity index is 1.66. The van der Waals surface area contributed by atoms with Crippen LogP contribution in [0.3, 0.4) is 0 Å². The first-order valence-corrected chi connectivity index (χ1v) is 11.9. The molecule has 4 rings (SSSR count). The fourth-order valence-corrected chi connectivity index (χ4v) is 3.80. The number of benzene rings is 2. The summed E-state index contributed by atoms with van der Waals surface area (Å²) in [6, 6.07) is 17.7. The molecule has 0 aliphatic heterocycles. The summed E-state index contributed by atoms with van der Waals surface area (Å²) >= 11 is 0. The maximum absolute atomic E-state index is 12.9. The quantitative estimate of drug-likeness (QED) is 0.338. The van der Waals surface area contributed by atoms with Crippen molar-refractivity contribution in [1.29, 1.82) is 5.26 Å². The van der Waals surface area contributed by atoms with Gasteiger partial charge < -0.3 is 10.6 Å². The maximum atomic E-state index is 12.9. The van der Waals surface area contributed by atoms with Gasteiger partial charge in [-0.25, -0.2) is 23.5 Å². The zero-order valence-electron chi connectivity index (χ0n) is 18.4. The van der Waals surface area contributed by atoms with Gasteiger partial charge in [0, 0.05) is 12.1 Å². The number of primary sulfonamides is 1. The molecule has 0 unspecified atom stereocenters. The molecule has 0 saturated carbocycles. The molecule has 0 bridgehead atoms. The molecular formula is C23H18F3N7O2S. The number of fused-ring (bicyclic) bond motifs is 1. The largest absolute Gasteiger partial charge is 0.405 e. The number of rotatable bonds is 7. The second-order valence-corrected chi connectivity index (χ2v) is 9.23. The predicted octanol–water partition coefficient (Wildman–Crippen LogP) is 3.80. The van der Waals surface area contributed by atoms with Crippen molar-refractivity contribution in [3.63, 3.8) is 0 Å². The molecule has 0 saturated heterocycles. The molecule has 2 aromatic heterocycles. The molecule has 0 fully saturated rings. The fourth-order valence-electron chi connectivity index (χ4n) is 3.29. The average molecular weight is 514 g/mol. The minimum absolute atomic E-state index is 0.0451. The Morgan fingerprint density at radius 3 is 2.39 bits per heavy atom. The van der Waals surface area contributed by atoms with Crippen LogP contribution >= 0.6 is 0 Å². The zero-order chi connectivity index (χ0) is 25.9. The van der Waals surface area contributed by atoms with Crippen molar-refractivity contribution >= 4 is 32.8 Å². The summed E-state index contributed by atoms with van der Waals surface area (Å²) in [5.74, 6) is -0.0774. The second-order valence-electron chi connectivity index (χ2n) is 7.66. The van der Waals surface area contributed by atoms with Gasteiger partial charge in [0.1, 0.15) is 12.1 Å². The lowest BCUT2D eigenvalue weighted by Gasteiger charge is -2.14. The van der Waals surface area contributed by atoms with Crippen molar-refractivity contribution in [3.05, 3.63) is 71.8 Å². The highest BCUT2D eigenvalue weighted by Gasteiger charge is 2.27. The van der Waals surface area contributed by atoms with E-state index < -0.39 is 22.7 Å². The summed E-state index contributed by atoms with van der Waals surface area (Å²) in [6.07, 6.45) is -4.49. The lowest BCUT2D eigenvalue weighted by molar-refractivity contribution is -0.115. The summed E-state index contributed by atoms with van der Waals surface area (Å²) in [6.45, 7) is -1.16. The molecule has 2 heterocycles. The smallest absolute Gasteiger partial charge is 0.359 e. The number of nitrogens with two attached hydrogens (primary N) is 1. The molecule has 0 aliphatic rings. The number of pyridine rings is 1. The molecule has 0 aliphatic carbocycles. The standard InChI is InChI=1S/C23H18F3N7O2S/c24-23(25,26)13-30-21-20-19(9-8-18(31-20)16-3-1-2-15(10-16)11-27)32-22(33-21)29-12-14-4-6-17(7-5-14)36(28,34)35/h1-10H,12-13H2,(H2,28,34,35)(H2,29,30,32,33). The van der Waals surface area contributed by atoms with E-state index in [1.165, 1.54) is 12.1 Å². The highest BCUT2D eigenvalue weighted by Crippen LogP contribution is 2.27. The van der Waals surface area contributed by atoms with Gasteiger partial charge in [-0.15, -0.1) is 0 Å². The van der Waals surface area contributed by atoms with Crippen molar-refractivity contribution in [1.82, 2.24) is 15.0 Å². The van der Waals surface area contributed by atoms with Crippen LogP contribution in [0.5, 0.6) is 0 Å². The summed E-state index contributed by atoms with van der Waals surface area (Å²) in [4.78, 5) is 12.9. The Hall–Kier alpha value is -4.28. The predicted molar refractivity (Wildman–Crippen MR) is 127 cm³/mol. The van der Waals surface area contributed by atoms with Crippen LogP contribution in [0.1, 0.15) is 11.1 Å². The van der Waals surface area contributed by atoms with Gasteiger partial charge in [0.2, 0.25) is 16.0 Å². The van der Waals surface area contributed by atoms with Gasteiger partial charge in [-0.05, 0) is 42.0 Å². The van der Waals surface area contributed by atoms with Crippen LogP contribution in [0.4, 0.5) is 24.9 Å². The van der Waals surface area contributed by atoms with Crippen molar-refractivity contribution in [2.45, 2.75) is 17.6 Å². The molecule has 9 nitrogen and oxygen atoms in total. The molecule has 184 valence electrons. The maximum Gasteiger partial charge on any atom is 0.405 e. The molecule has 0 atom stereocenters.